The van der Waals surface area contributed by atoms with Gasteiger partial charge in [0.1, 0.15) is 17.1 Å². The zero-order valence-electron chi connectivity index (χ0n) is 16.3. The maximum Gasteiger partial charge on any atom is 0.115 e. The molecule has 0 aliphatic carbocycles. The normalized spacial score (nSPS) is 8.83. The zero-order valence-corrected chi connectivity index (χ0v) is 18.8. The lowest BCUT2D eigenvalue weighted by Gasteiger charge is -1.88. The van der Waals surface area contributed by atoms with E-state index >= 15 is 0 Å². The first kappa shape index (κ1) is 24.1. The highest BCUT2D eigenvalue weighted by molar-refractivity contribution is 7.78. The minimum atomic E-state index is 0.743. The Balaban J connectivity index is 0.000000218. The molecule has 12 heteroatoms. The molecular formula is C17H19N9S3. The van der Waals surface area contributed by atoms with Gasteiger partial charge in [-0.1, -0.05) is 0 Å². The molecule has 3 rings (SSSR count). The van der Waals surface area contributed by atoms with Crippen LogP contribution in [0.5, 0.6) is 0 Å². The molecule has 9 nitrogen and oxygen atoms in total. The van der Waals surface area contributed by atoms with E-state index in [-0.39, 0.29) is 0 Å². The molecular weight excluding hydrogens is 426 g/mol. The van der Waals surface area contributed by atoms with Crippen molar-refractivity contribution >= 4 is 69.2 Å². The first-order valence-electron chi connectivity index (χ1n) is 8.18. The topological polar surface area (TPSA) is 90.5 Å². The summed E-state index contributed by atoms with van der Waals surface area (Å²) in [6.45, 7) is 4.75. The van der Waals surface area contributed by atoms with Crippen LogP contribution in [0.4, 0.5) is 17.1 Å². The van der Waals surface area contributed by atoms with Gasteiger partial charge in [-0.15, -0.1) is 0 Å². The van der Waals surface area contributed by atoms with E-state index in [4.69, 9.17) is 0 Å². The molecule has 0 spiro atoms. The van der Waals surface area contributed by atoms with Crippen LogP contribution < -0.4 is 0 Å². The van der Waals surface area contributed by atoms with Gasteiger partial charge in [0, 0.05) is 20.6 Å². The van der Waals surface area contributed by atoms with Gasteiger partial charge in [-0.2, -0.15) is 30.3 Å². The van der Waals surface area contributed by atoms with Crippen LogP contribution in [0.3, 0.4) is 0 Å². The van der Waals surface area contributed by atoms with E-state index in [0.717, 1.165) is 29.3 Å². The third-order valence-corrected chi connectivity index (χ3v) is 3.41. The Bertz CT molecular complexity index is 1060. The molecule has 0 saturated heterocycles. The second-order valence-corrected chi connectivity index (χ2v) is 5.86. The summed E-state index contributed by atoms with van der Waals surface area (Å²) < 4.78 is 5.14. The predicted octanol–water partition coefficient (Wildman–Crippen LogP) is 4.25. The summed E-state index contributed by atoms with van der Waals surface area (Å²) in [7, 11) is 3.66. The molecule has 0 unspecified atom stereocenters. The average molecular weight is 446 g/mol. The molecule has 3 aromatic heterocycles. The highest BCUT2D eigenvalue weighted by atomic mass is 32.1. The Morgan fingerprint density at radius 1 is 0.862 bits per heavy atom. The molecule has 3 aromatic rings. The Morgan fingerprint density at radius 3 is 1.86 bits per heavy atom. The summed E-state index contributed by atoms with van der Waals surface area (Å²) in [6.07, 6.45) is 8.66. The van der Waals surface area contributed by atoms with E-state index in [0.29, 0.717) is 0 Å². The van der Waals surface area contributed by atoms with Crippen LogP contribution in [-0.4, -0.2) is 44.8 Å². The number of isothiocyanates is 3. The fraction of sp³-hybridized carbons (Fsp3) is 0.294. The minimum Gasteiger partial charge on any atom is -0.274 e. The molecule has 0 saturated carbocycles. The summed E-state index contributed by atoms with van der Waals surface area (Å²) in [4.78, 5) is 11.3. The van der Waals surface area contributed by atoms with Gasteiger partial charge in [-0.3, -0.25) is 14.0 Å². The van der Waals surface area contributed by atoms with Crippen molar-refractivity contribution in [2.45, 2.75) is 20.4 Å². The van der Waals surface area contributed by atoms with Gasteiger partial charge in [0.25, 0.3) is 0 Å². The highest BCUT2D eigenvalue weighted by Crippen LogP contribution is 2.13. The van der Waals surface area contributed by atoms with Gasteiger partial charge in [0.15, 0.2) is 0 Å². The highest BCUT2D eigenvalue weighted by Gasteiger charge is 1.98. The van der Waals surface area contributed by atoms with Crippen molar-refractivity contribution in [2.75, 3.05) is 0 Å². The monoisotopic (exact) mass is 445 g/mol. The maximum absolute atomic E-state index is 4.45. The van der Waals surface area contributed by atoms with Crippen molar-refractivity contribution in [2.24, 2.45) is 29.1 Å². The fourth-order valence-electron chi connectivity index (χ4n) is 1.90. The number of aliphatic imine (C=N–C) groups is 3. The van der Waals surface area contributed by atoms with E-state index in [1.807, 2.05) is 34.1 Å². The largest absolute Gasteiger partial charge is 0.274 e. The summed E-state index contributed by atoms with van der Waals surface area (Å²) in [6, 6.07) is 0. The van der Waals surface area contributed by atoms with Gasteiger partial charge in [-0.25, -0.2) is 0 Å². The van der Waals surface area contributed by atoms with Crippen LogP contribution in [0.15, 0.2) is 46.0 Å². The van der Waals surface area contributed by atoms with Crippen LogP contribution in [-0.2, 0) is 20.6 Å². The van der Waals surface area contributed by atoms with Crippen molar-refractivity contribution in [1.29, 1.82) is 0 Å². The summed E-state index contributed by atoms with van der Waals surface area (Å²) in [5.74, 6) is 0. The SMILES string of the molecule is CCn1cc(N=C=S)cn1.Cc1nn(C)cc1N=C=S.Cn1cc(N=C=S)cn1. The van der Waals surface area contributed by atoms with Crippen molar-refractivity contribution in [3.8, 4) is 0 Å². The van der Waals surface area contributed by atoms with Gasteiger partial charge in [-0.05, 0) is 50.5 Å². The third-order valence-electron chi connectivity index (χ3n) is 3.14. The third kappa shape index (κ3) is 9.18. The lowest BCUT2D eigenvalue weighted by atomic mass is 10.4. The van der Waals surface area contributed by atoms with E-state index in [1.165, 1.54) is 0 Å². The summed E-state index contributed by atoms with van der Waals surface area (Å²) in [5.41, 5.74) is 3.17. The second kappa shape index (κ2) is 13.2. The van der Waals surface area contributed by atoms with E-state index in [1.54, 1.807) is 38.8 Å². The minimum absolute atomic E-state index is 0.743. The van der Waals surface area contributed by atoms with Crippen LogP contribution in [0.1, 0.15) is 12.6 Å². The first-order chi connectivity index (χ1) is 13.9. The van der Waals surface area contributed by atoms with Crippen LogP contribution in [0, 0.1) is 6.92 Å². The van der Waals surface area contributed by atoms with Crippen LogP contribution in [0.2, 0.25) is 0 Å². The summed E-state index contributed by atoms with van der Waals surface area (Å²) >= 11 is 13.3. The van der Waals surface area contributed by atoms with E-state index < -0.39 is 0 Å². The Kier molecular flexibility index (Phi) is 11.0. The molecule has 0 fully saturated rings. The molecule has 0 amide bonds. The quantitative estimate of drug-likeness (QED) is 0.440. The number of thiocarbonyl (C=S) groups is 3. The van der Waals surface area contributed by atoms with E-state index in [9.17, 15) is 0 Å². The Morgan fingerprint density at radius 2 is 1.45 bits per heavy atom. The lowest BCUT2D eigenvalue weighted by molar-refractivity contribution is 0.660. The van der Waals surface area contributed by atoms with Crippen molar-refractivity contribution in [1.82, 2.24) is 29.3 Å². The molecule has 0 aliphatic rings. The molecule has 150 valence electrons. The standard InChI is InChI=1S/2C6H7N3S.C5H5N3S/c1-5-6(7-4-10)3-9(2)8-5;1-2-9-4-6(3-8-9)7-5-10;1-8-3-5(2-7-8)6-4-9/h3H,1-2H3;3-4H,2H2,1H3;2-3H,1H3. The van der Waals surface area contributed by atoms with Crippen molar-refractivity contribution < 1.29 is 0 Å². The average Bonchev–Trinajstić information content (AvgIpc) is 3.39. The Hall–Kier alpha value is -2.97. The summed E-state index contributed by atoms with van der Waals surface area (Å²) in [5, 5.41) is 18.7. The van der Waals surface area contributed by atoms with Gasteiger partial charge in [0.2, 0.25) is 0 Å². The molecule has 0 bridgehead atoms. The molecule has 0 atom stereocenters. The van der Waals surface area contributed by atoms with Crippen molar-refractivity contribution in [3.63, 3.8) is 0 Å². The lowest BCUT2D eigenvalue weighted by Crippen LogP contribution is -1.91. The molecule has 0 aromatic carbocycles. The molecule has 0 aliphatic heterocycles. The van der Waals surface area contributed by atoms with Crippen LogP contribution >= 0.6 is 36.7 Å². The molecule has 29 heavy (non-hydrogen) atoms. The fourth-order valence-corrected chi connectivity index (χ4v) is 2.21. The van der Waals surface area contributed by atoms with Gasteiger partial charge in [0.05, 0.1) is 52.2 Å². The molecule has 0 radical (unpaired) electrons. The smallest absolute Gasteiger partial charge is 0.115 e. The number of nitrogens with zero attached hydrogens (tertiary/aromatic N) is 9. The number of rotatable bonds is 4. The van der Waals surface area contributed by atoms with Gasteiger partial charge < -0.3 is 0 Å². The predicted molar refractivity (Wildman–Crippen MR) is 123 cm³/mol. The maximum atomic E-state index is 4.45. The molecule has 0 N–H and O–H groups in total. The van der Waals surface area contributed by atoms with Crippen molar-refractivity contribution in [3.05, 3.63) is 36.7 Å². The first-order valence-corrected chi connectivity index (χ1v) is 9.40. The number of aromatic nitrogens is 6. The van der Waals surface area contributed by atoms with E-state index in [2.05, 4.69) is 82.4 Å². The zero-order chi connectivity index (χ0) is 21.6. The van der Waals surface area contributed by atoms with Crippen LogP contribution in [0.25, 0.3) is 0 Å². The number of hydrogen-bond acceptors (Lipinski definition) is 9. The van der Waals surface area contributed by atoms with Gasteiger partial charge >= 0.3 is 0 Å². The Labute approximate surface area is 184 Å². The number of hydrogen-bond donors (Lipinski definition) is 0. The number of aryl methyl sites for hydroxylation is 4. The molecule has 3 heterocycles. The second-order valence-electron chi connectivity index (χ2n) is 5.31.